The largest absolute Gasteiger partial charge is 0.361 e. The lowest BCUT2D eigenvalue weighted by atomic mass is 10.00. The van der Waals surface area contributed by atoms with Crippen molar-refractivity contribution < 1.29 is 4.79 Å². The highest BCUT2D eigenvalue weighted by molar-refractivity contribution is 6.31. The molecule has 4 nitrogen and oxygen atoms in total. The van der Waals surface area contributed by atoms with Crippen LogP contribution in [0.15, 0.2) is 53.3 Å². The predicted molar refractivity (Wildman–Crippen MR) is 124 cm³/mol. The highest BCUT2D eigenvalue weighted by atomic mass is 35.5. The molecule has 0 atom stereocenters. The topological polar surface area (TPSA) is 53.2 Å². The lowest BCUT2D eigenvalue weighted by Crippen LogP contribution is -2.36. The van der Waals surface area contributed by atoms with Gasteiger partial charge >= 0.3 is 0 Å². The van der Waals surface area contributed by atoms with Crippen molar-refractivity contribution >= 4 is 23.2 Å². The van der Waals surface area contributed by atoms with Crippen molar-refractivity contribution in [1.29, 1.82) is 0 Å². The van der Waals surface area contributed by atoms with E-state index in [0.29, 0.717) is 17.9 Å². The molecule has 0 unspecified atom stereocenters. The molecule has 0 spiro atoms. The first kappa shape index (κ1) is 21.8. The van der Waals surface area contributed by atoms with Crippen LogP contribution < -0.4 is 10.3 Å². The van der Waals surface area contributed by atoms with Crippen molar-refractivity contribution in [2.45, 2.75) is 47.1 Å². The number of benzene rings is 2. The van der Waals surface area contributed by atoms with Gasteiger partial charge < -0.3 is 9.88 Å². The molecule has 0 aliphatic heterocycles. The summed E-state index contributed by atoms with van der Waals surface area (Å²) in [6, 6.07) is 15.9. The molecule has 5 heteroatoms. The number of carbonyl (C=O) groups excluding carboxylic acids is 1. The van der Waals surface area contributed by atoms with E-state index in [0.717, 1.165) is 35.2 Å². The van der Waals surface area contributed by atoms with Crippen molar-refractivity contribution in [2.24, 2.45) is 0 Å². The van der Waals surface area contributed by atoms with Gasteiger partial charge in [0.1, 0.15) is 10.6 Å². The summed E-state index contributed by atoms with van der Waals surface area (Å²) in [5.41, 5.74) is 4.77. The van der Waals surface area contributed by atoms with Crippen molar-refractivity contribution in [3.63, 3.8) is 0 Å². The predicted octanol–water partition coefficient (Wildman–Crippen LogP) is 5.62. The van der Waals surface area contributed by atoms with Crippen LogP contribution in [0.1, 0.15) is 52.3 Å². The highest BCUT2D eigenvalue weighted by Crippen LogP contribution is 2.30. The van der Waals surface area contributed by atoms with Crippen molar-refractivity contribution in [1.82, 2.24) is 4.98 Å². The molecule has 0 aliphatic rings. The molecule has 1 amide bonds. The van der Waals surface area contributed by atoms with Gasteiger partial charge in [0.2, 0.25) is 5.43 Å². The summed E-state index contributed by atoms with van der Waals surface area (Å²) in [5, 5.41) is 0.0584. The van der Waals surface area contributed by atoms with Gasteiger partial charge in [-0.05, 0) is 43.4 Å². The van der Waals surface area contributed by atoms with Crippen LogP contribution >= 0.6 is 11.6 Å². The number of hydrogen-bond donors (Lipinski definition) is 1. The molecule has 1 aromatic heterocycles. The normalized spacial score (nSPS) is 10.8. The van der Waals surface area contributed by atoms with Gasteiger partial charge in [0, 0.05) is 11.4 Å². The molecule has 1 N–H and O–H groups in total. The van der Waals surface area contributed by atoms with E-state index in [1.54, 1.807) is 18.7 Å². The van der Waals surface area contributed by atoms with Gasteiger partial charge in [0.15, 0.2) is 0 Å². The molecule has 0 saturated carbocycles. The number of anilines is 1. The molecular weight excluding hydrogens is 396 g/mol. The number of aryl methyl sites for hydroxylation is 4. The molecule has 0 fully saturated rings. The molecule has 0 bridgehead atoms. The smallest absolute Gasteiger partial charge is 0.264 e. The standard InChI is InChI=1S/C25H27ClN2O2/c1-5-19-13-10-14-20(6-2)23(19)28(15-18-11-8-7-9-12-18)25(30)21-16(3)27-17(4)22(26)24(21)29/h7-14H,5-6,15H2,1-4H3,(H,27,29). The maximum absolute atomic E-state index is 13.8. The van der Waals surface area contributed by atoms with Crippen LogP contribution in [0.25, 0.3) is 0 Å². The Morgan fingerprint density at radius 1 is 0.933 bits per heavy atom. The zero-order valence-corrected chi connectivity index (χ0v) is 18.6. The number of nitrogens with one attached hydrogen (secondary N) is 1. The fourth-order valence-corrected chi connectivity index (χ4v) is 3.96. The first-order valence-electron chi connectivity index (χ1n) is 10.2. The van der Waals surface area contributed by atoms with Gasteiger partial charge in [-0.25, -0.2) is 0 Å². The number of hydrogen-bond acceptors (Lipinski definition) is 2. The fraction of sp³-hybridized carbons (Fsp3) is 0.280. The number of rotatable bonds is 6. The molecule has 3 aromatic rings. The van der Waals surface area contributed by atoms with Crippen molar-refractivity contribution in [3.05, 3.63) is 97.4 Å². The van der Waals surface area contributed by atoms with E-state index in [1.165, 1.54) is 0 Å². The van der Waals surface area contributed by atoms with Gasteiger partial charge in [0.05, 0.1) is 12.2 Å². The second-order valence-electron chi connectivity index (χ2n) is 7.40. The Morgan fingerprint density at radius 2 is 1.53 bits per heavy atom. The molecule has 156 valence electrons. The third-order valence-corrected chi connectivity index (χ3v) is 5.84. The number of aromatic nitrogens is 1. The van der Waals surface area contributed by atoms with Crippen LogP contribution in [-0.2, 0) is 19.4 Å². The molecule has 30 heavy (non-hydrogen) atoms. The zero-order valence-electron chi connectivity index (χ0n) is 17.9. The van der Waals surface area contributed by atoms with Crippen LogP contribution in [0.5, 0.6) is 0 Å². The second-order valence-corrected chi connectivity index (χ2v) is 7.78. The summed E-state index contributed by atoms with van der Waals surface area (Å²) in [5.74, 6) is -0.338. The Hall–Kier alpha value is -2.85. The molecule has 3 rings (SSSR count). The van der Waals surface area contributed by atoms with E-state index in [2.05, 4.69) is 18.8 Å². The van der Waals surface area contributed by atoms with Gasteiger partial charge in [-0.3, -0.25) is 9.59 Å². The third kappa shape index (κ3) is 4.19. The number of para-hydroxylation sites is 1. The summed E-state index contributed by atoms with van der Waals surface area (Å²) in [6.45, 7) is 7.99. The van der Waals surface area contributed by atoms with E-state index >= 15 is 0 Å². The van der Waals surface area contributed by atoms with Gasteiger partial charge in [-0.1, -0.05) is 74.0 Å². The Morgan fingerprint density at radius 3 is 2.10 bits per heavy atom. The fourth-order valence-electron chi connectivity index (χ4n) is 3.82. The minimum atomic E-state index is -0.430. The number of H-pyrrole nitrogens is 1. The summed E-state index contributed by atoms with van der Waals surface area (Å²) in [4.78, 5) is 31.6. The first-order valence-corrected chi connectivity index (χ1v) is 10.6. The molecule has 2 aromatic carbocycles. The minimum absolute atomic E-state index is 0.0584. The quantitative estimate of drug-likeness (QED) is 0.560. The molecule has 0 radical (unpaired) electrons. The maximum atomic E-state index is 13.8. The first-order chi connectivity index (χ1) is 14.4. The number of pyridine rings is 1. The molecular formula is C25H27ClN2O2. The van der Waals surface area contributed by atoms with Crippen LogP contribution in [0, 0.1) is 13.8 Å². The Kier molecular flexibility index (Phi) is 6.78. The summed E-state index contributed by atoms with van der Waals surface area (Å²) in [6.07, 6.45) is 1.57. The van der Waals surface area contributed by atoms with E-state index < -0.39 is 5.43 Å². The average molecular weight is 423 g/mol. The minimum Gasteiger partial charge on any atom is -0.361 e. The lowest BCUT2D eigenvalue weighted by molar-refractivity contribution is 0.0982. The summed E-state index contributed by atoms with van der Waals surface area (Å²) < 4.78 is 0. The van der Waals surface area contributed by atoms with Crippen molar-refractivity contribution in [3.8, 4) is 0 Å². The van der Waals surface area contributed by atoms with E-state index in [1.807, 2.05) is 48.5 Å². The number of nitrogens with zero attached hydrogens (tertiary/aromatic N) is 1. The monoisotopic (exact) mass is 422 g/mol. The van der Waals surface area contributed by atoms with E-state index in [4.69, 9.17) is 11.6 Å². The van der Waals surface area contributed by atoms with Crippen LogP contribution in [0.3, 0.4) is 0 Å². The Labute approximate surface area is 182 Å². The zero-order chi connectivity index (χ0) is 21.8. The lowest BCUT2D eigenvalue weighted by Gasteiger charge is -2.28. The van der Waals surface area contributed by atoms with Gasteiger partial charge in [0.25, 0.3) is 5.91 Å². The number of carbonyl (C=O) groups is 1. The van der Waals surface area contributed by atoms with Crippen molar-refractivity contribution in [2.75, 3.05) is 4.90 Å². The van der Waals surface area contributed by atoms with Crippen LogP contribution in [0.2, 0.25) is 5.02 Å². The summed E-state index contributed by atoms with van der Waals surface area (Å²) in [7, 11) is 0. The van der Waals surface area contributed by atoms with E-state index in [-0.39, 0.29) is 16.5 Å². The molecule has 0 saturated heterocycles. The van der Waals surface area contributed by atoms with Crippen LogP contribution in [0.4, 0.5) is 5.69 Å². The SMILES string of the molecule is CCc1cccc(CC)c1N(Cc1ccccc1)C(=O)c1c(C)[nH]c(C)c(Cl)c1=O. The van der Waals surface area contributed by atoms with Gasteiger partial charge in [-0.15, -0.1) is 0 Å². The average Bonchev–Trinajstić information content (AvgIpc) is 2.76. The number of aromatic amines is 1. The number of amides is 1. The summed E-state index contributed by atoms with van der Waals surface area (Å²) >= 11 is 6.21. The second kappa shape index (κ2) is 9.31. The Balaban J connectivity index is 2.23. The van der Waals surface area contributed by atoms with E-state index in [9.17, 15) is 9.59 Å². The third-order valence-electron chi connectivity index (χ3n) is 5.38. The van der Waals surface area contributed by atoms with Crippen LogP contribution in [-0.4, -0.2) is 10.9 Å². The molecule has 1 heterocycles. The highest BCUT2D eigenvalue weighted by Gasteiger charge is 2.27. The van der Waals surface area contributed by atoms with Gasteiger partial charge in [-0.2, -0.15) is 0 Å². The number of halogens is 1. The Bertz CT molecular complexity index is 1100. The molecule has 0 aliphatic carbocycles. The maximum Gasteiger partial charge on any atom is 0.264 e.